The molecular formula is C25H31N3O5S. The normalized spacial score (nSPS) is 14.1. The molecule has 2 aromatic rings. The number of ether oxygens (including phenoxy) is 1. The smallest absolute Gasteiger partial charge is 0.407 e. The van der Waals surface area contributed by atoms with Gasteiger partial charge in [0.05, 0.1) is 0 Å². The number of carbonyl (C=O) groups is 3. The number of carboxylic acids is 1. The summed E-state index contributed by atoms with van der Waals surface area (Å²) in [6.07, 6.45) is 1.44. The Bertz CT molecular complexity index is 984. The predicted molar refractivity (Wildman–Crippen MR) is 133 cm³/mol. The van der Waals surface area contributed by atoms with Gasteiger partial charge in [-0.05, 0) is 54.8 Å². The van der Waals surface area contributed by atoms with Gasteiger partial charge in [-0.25, -0.2) is 9.59 Å². The van der Waals surface area contributed by atoms with E-state index < -0.39 is 30.1 Å². The fourth-order valence-corrected chi connectivity index (χ4v) is 4.58. The van der Waals surface area contributed by atoms with Crippen molar-refractivity contribution in [3.8, 4) is 11.1 Å². The molecule has 1 aliphatic carbocycles. The minimum Gasteiger partial charge on any atom is -0.480 e. The van der Waals surface area contributed by atoms with Gasteiger partial charge >= 0.3 is 12.1 Å². The summed E-state index contributed by atoms with van der Waals surface area (Å²) < 4.78 is 5.55. The highest BCUT2D eigenvalue weighted by atomic mass is 32.2. The number of aliphatic carboxylic acids is 1. The predicted octanol–water partition coefficient (Wildman–Crippen LogP) is 2.78. The highest BCUT2D eigenvalue weighted by Crippen LogP contribution is 2.44. The zero-order valence-electron chi connectivity index (χ0n) is 19.6. The van der Waals surface area contributed by atoms with Crippen LogP contribution in [-0.2, 0) is 14.3 Å². The van der Waals surface area contributed by atoms with Crippen LogP contribution < -0.4 is 10.6 Å². The third-order valence-corrected chi connectivity index (χ3v) is 6.37. The van der Waals surface area contributed by atoms with Crippen molar-refractivity contribution in [3.63, 3.8) is 0 Å². The Labute approximate surface area is 204 Å². The number of benzene rings is 2. The molecule has 0 fully saturated rings. The van der Waals surface area contributed by atoms with Crippen LogP contribution in [0.15, 0.2) is 48.5 Å². The monoisotopic (exact) mass is 485 g/mol. The molecule has 2 unspecified atom stereocenters. The van der Waals surface area contributed by atoms with E-state index in [2.05, 4.69) is 22.8 Å². The number of carbonyl (C=O) groups excluding carboxylic acids is 2. The largest absolute Gasteiger partial charge is 0.480 e. The Balaban J connectivity index is 1.65. The van der Waals surface area contributed by atoms with Crippen LogP contribution in [0.25, 0.3) is 11.1 Å². The van der Waals surface area contributed by atoms with Gasteiger partial charge < -0.3 is 25.4 Å². The van der Waals surface area contributed by atoms with Gasteiger partial charge in [0.1, 0.15) is 18.7 Å². The second-order valence-corrected chi connectivity index (χ2v) is 9.45. The second kappa shape index (κ2) is 11.9. The standard InChI is InChI=1S/C25H31N3O5S/c1-28(2)14-22(23(29)26-21(24(30)31)12-13-34-3)27-25(32)33-15-20-18-10-6-4-8-16(18)17-9-5-7-11-19(17)20/h4-11,20-22H,12-15H2,1-3H3,(H,26,29)(H,27,32)(H,30,31). The lowest BCUT2D eigenvalue weighted by atomic mass is 9.98. The van der Waals surface area contributed by atoms with E-state index in [1.807, 2.05) is 42.7 Å². The number of hydrogen-bond acceptors (Lipinski definition) is 6. The Hall–Kier alpha value is -3.04. The zero-order chi connectivity index (χ0) is 24.7. The van der Waals surface area contributed by atoms with Crippen molar-refractivity contribution in [1.29, 1.82) is 0 Å². The van der Waals surface area contributed by atoms with E-state index in [0.717, 1.165) is 22.3 Å². The molecule has 0 saturated carbocycles. The van der Waals surface area contributed by atoms with Gasteiger partial charge in [-0.15, -0.1) is 0 Å². The van der Waals surface area contributed by atoms with Gasteiger partial charge in [-0.1, -0.05) is 48.5 Å². The third kappa shape index (κ3) is 6.30. The second-order valence-electron chi connectivity index (χ2n) is 8.47. The highest BCUT2D eigenvalue weighted by Gasteiger charge is 2.30. The molecule has 2 aromatic carbocycles. The molecule has 0 aliphatic heterocycles. The van der Waals surface area contributed by atoms with E-state index in [-0.39, 0.29) is 19.1 Å². The summed E-state index contributed by atoms with van der Waals surface area (Å²) in [5.41, 5.74) is 4.44. The lowest BCUT2D eigenvalue weighted by molar-refractivity contribution is -0.142. The average molecular weight is 486 g/mol. The lowest BCUT2D eigenvalue weighted by Crippen LogP contribution is -2.55. The molecule has 182 valence electrons. The van der Waals surface area contributed by atoms with Crippen molar-refractivity contribution in [1.82, 2.24) is 15.5 Å². The highest BCUT2D eigenvalue weighted by molar-refractivity contribution is 7.98. The molecule has 0 spiro atoms. The number of alkyl carbamates (subject to hydrolysis) is 1. The topological polar surface area (TPSA) is 108 Å². The zero-order valence-corrected chi connectivity index (χ0v) is 20.4. The average Bonchev–Trinajstić information content (AvgIpc) is 3.13. The maximum atomic E-state index is 12.8. The van der Waals surface area contributed by atoms with E-state index in [9.17, 15) is 19.5 Å². The van der Waals surface area contributed by atoms with Crippen molar-refractivity contribution in [2.45, 2.75) is 24.4 Å². The quantitative estimate of drug-likeness (QED) is 0.449. The summed E-state index contributed by atoms with van der Waals surface area (Å²) in [5.74, 6) is -1.17. The number of carboxylic acid groups (broad SMARTS) is 1. The Morgan fingerprint density at radius 3 is 2.12 bits per heavy atom. The van der Waals surface area contributed by atoms with Gasteiger partial charge in [0.25, 0.3) is 0 Å². The molecule has 3 N–H and O–H groups in total. The number of nitrogens with one attached hydrogen (secondary N) is 2. The molecule has 3 rings (SSSR count). The first-order valence-electron chi connectivity index (χ1n) is 11.1. The minimum absolute atomic E-state index is 0.0952. The van der Waals surface area contributed by atoms with Crippen molar-refractivity contribution in [3.05, 3.63) is 59.7 Å². The van der Waals surface area contributed by atoms with Crippen LogP contribution in [0.2, 0.25) is 0 Å². The summed E-state index contributed by atoms with van der Waals surface area (Å²) in [6, 6.07) is 14.1. The first-order valence-corrected chi connectivity index (χ1v) is 12.5. The first kappa shape index (κ1) is 25.6. The fourth-order valence-electron chi connectivity index (χ4n) is 4.11. The summed E-state index contributed by atoms with van der Waals surface area (Å²) in [7, 11) is 3.53. The maximum Gasteiger partial charge on any atom is 0.407 e. The molecule has 9 heteroatoms. The van der Waals surface area contributed by atoms with E-state index in [1.165, 1.54) is 11.8 Å². The van der Waals surface area contributed by atoms with Crippen LogP contribution >= 0.6 is 11.8 Å². The van der Waals surface area contributed by atoms with Crippen LogP contribution in [0.4, 0.5) is 4.79 Å². The summed E-state index contributed by atoms with van der Waals surface area (Å²) in [5, 5.41) is 14.6. The maximum absolute atomic E-state index is 12.8. The van der Waals surface area contributed by atoms with Crippen LogP contribution in [-0.4, -0.2) is 79.3 Å². The first-order chi connectivity index (χ1) is 16.3. The molecule has 0 radical (unpaired) electrons. The summed E-state index contributed by atoms with van der Waals surface area (Å²) in [4.78, 5) is 38.7. The fraction of sp³-hybridized carbons (Fsp3) is 0.400. The molecule has 0 saturated heterocycles. The van der Waals surface area contributed by atoms with Crippen LogP contribution in [0.1, 0.15) is 23.5 Å². The Morgan fingerprint density at radius 2 is 1.59 bits per heavy atom. The summed E-state index contributed by atoms with van der Waals surface area (Å²) in [6.45, 7) is 0.326. The van der Waals surface area contributed by atoms with E-state index in [4.69, 9.17) is 4.74 Å². The molecular weight excluding hydrogens is 454 g/mol. The molecule has 34 heavy (non-hydrogen) atoms. The summed E-state index contributed by atoms with van der Waals surface area (Å²) >= 11 is 1.50. The minimum atomic E-state index is -1.10. The van der Waals surface area contributed by atoms with Crippen LogP contribution in [0, 0.1) is 0 Å². The van der Waals surface area contributed by atoms with Gasteiger partial charge in [0.15, 0.2) is 0 Å². The van der Waals surface area contributed by atoms with E-state index in [1.54, 1.807) is 19.0 Å². The molecule has 2 amide bonds. The van der Waals surface area contributed by atoms with Crippen molar-refractivity contribution >= 4 is 29.7 Å². The van der Waals surface area contributed by atoms with Crippen LogP contribution in [0.5, 0.6) is 0 Å². The van der Waals surface area contributed by atoms with E-state index in [0.29, 0.717) is 12.2 Å². The molecule has 1 aliphatic rings. The van der Waals surface area contributed by atoms with Crippen molar-refractivity contribution < 1.29 is 24.2 Å². The third-order valence-electron chi connectivity index (χ3n) is 5.73. The Kier molecular flexibility index (Phi) is 8.95. The number of amides is 2. The molecule has 0 aromatic heterocycles. The number of likely N-dealkylation sites (N-methyl/N-ethyl adjacent to an activating group) is 1. The van der Waals surface area contributed by atoms with Crippen molar-refractivity contribution in [2.24, 2.45) is 0 Å². The molecule has 0 heterocycles. The lowest BCUT2D eigenvalue weighted by Gasteiger charge is -2.24. The van der Waals surface area contributed by atoms with Crippen LogP contribution in [0.3, 0.4) is 0 Å². The van der Waals surface area contributed by atoms with Gasteiger partial charge in [0.2, 0.25) is 5.91 Å². The number of rotatable bonds is 11. The van der Waals surface area contributed by atoms with Gasteiger partial charge in [-0.2, -0.15) is 11.8 Å². The number of hydrogen-bond donors (Lipinski definition) is 3. The number of fused-ring (bicyclic) bond motifs is 3. The Morgan fingerprint density at radius 1 is 1.00 bits per heavy atom. The van der Waals surface area contributed by atoms with Gasteiger partial charge in [0, 0.05) is 12.5 Å². The number of nitrogens with zero attached hydrogens (tertiary/aromatic N) is 1. The molecule has 0 bridgehead atoms. The SMILES string of the molecule is CSCCC(NC(=O)C(CN(C)C)NC(=O)OCC1c2ccccc2-c2ccccc21)C(=O)O. The van der Waals surface area contributed by atoms with Crippen molar-refractivity contribution in [2.75, 3.05) is 39.3 Å². The molecule has 2 atom stereocenters. The number of thioether (sulfide) groups is 1. The molecule has 8 nitrogen and oxygen atoms in total. The van der Waals surface area contributed by atoms with Gasteiger partial charge in [-0.3, -0.25) is 4.79 Å². The van der Waals surface area contributed by atoms with E-state index >= 15 is 0 Å².